The van der Waals surface area contributed by atoms with Gasteiger partial charge in [-0.05, 0) is 43.5 Å². The summed E-state index contributed by atoms with van der Waals surface area (Å²) in [4.78, 5) is 24.5. The van der Waals surface area contributed by atoms with E-state index in [1.54, 1.807) is 13.1 Å². The molecule has 0 aliphatic carbocycles. The van der Waals surface area contributed by atoms with Crippen molar-refractivity contribution < 1.29 is 22.7 Å². The van der Waals surface area contributed by atoms with E-state index in [1.807, 2.05) is 25.1 Å². The van der Waals surface area contributed by atoms with Crippen molar-refractivity contribution in [1.82, 2.24) is 8.87 Å². The number of nitrogens with zero attached hydrogens (tertiary/aromatic N) is 2. The third kappa shape index (κ3) is 3.81. The largest absolute Gasteiger partial charge is 0.464 e. The SMILES string of the molecule is COC(=O)c1cc(S(=O)(=O)N2CCC[C@@H]2C(=O)Nc2cccc(C)c2)cn1C. The molecule has 2 aromatic rings. The Labute approximate surface area is 164 Å². The van der Waals surface area contributed by atoms with Gasteiger partial charge in [-0.3, -0.25) is 4.79 Å². The van der Waals surface area contributed by atoms with Gasteiger partial charge in [-0.15, -0.1) is 0 Å². The number of rotatable bonds is 5. The van der Waals surface area contributed by atoms with Crippen LogP contribution in [-0.2, 0) is 26.6 Å². The highest BCUT2D eigenvalue weighted by atomic mass is 32.2. The van der Waals surface area contributed by atoms with Crippen molar-refractivity contribution in [3.05, 3.63) is 47.8 Å². The Bertz CT molecular complexity index is 1010. The number of carbonyl (C=O) groups excluding carboxylic acids is 2. The maximum Gasteiger partial charge on any atom is 0.354 e. The number of sulfonamides is 1. The van der Waals surface area contributed by atoms with Crippen LogP contribution in [0, 0.1) is 6.92 Å². The van der Waals surface area contributed by atoms with E-state index in [2.05, 4.69) is 10.1 Å². The number of ether oxygens (including phenoxy) is 1. The summed E-state index contributed by atoms with van der Waals surface area (Å²) in [5.74, 6) is -0.991. The molecule has 1 aliphatic rings. The number of carbonyl (C=O) groups is 2. The number of hydrogen-bond donors (Lipinski definition) is 1. The van der Waals surface area contributed by atoms with Gasteiger partial charge in [0.2, 0.25) is 15.9 Å². The molecule has 0 unspecified atom stereocenters. The molecule has 1 atom stereocenters. The van der Waals surface area contributed by atoms with Gasteiger partial charge in [0.05, 0.1) is 7.11 Å². The summed E-state index contributed by atoms with van der Waals surface area (Å²) in [6.45, 7) is 2.16. The number of hydrogen-bond acceptors (Lipinski definition) is 5. The van der Waals surface area contributed by atoms with Crippen molar-refractivity contribution in [2.75, 3.05) is 19.0 Å². The predicted molar refractivity (Wildman–Crippen MR) is 103 cm³/mol. The Morgan fingerprint density at radius 3 is 2.68 bits per heavy atom. The predicted octanol–water partition coefficient (Wildman–Crippen LogP) is 1.91. The molecular formula is C19H23N3O5S. The Morgan fingerprint density at radius 1 is 1.25 bits per heavy atom. The molecule has 1 saturated heterocycles. The highest BCUT2D eigenvalue weighted by Crippen LogP contribution is 2.28. The summed E-state index contributed by atoms with van der Waals surface area (Å²) in [7, 11) is -1.13. The van der Waals surface area contributed by atoms with E-state index in [0.29, 0.717) is 18.5 Å². The molecule has 1 aromatic carbocycles. The second-order valence-electron chi connectivity index (χ2n) is 6.80. The maximum atomic E-state index is 13.1. The Hall–Kier alpha value is -2.65. The lowest BCUT2D eigenvalue weighted by Crippen LogP contribution is -2.43. The van der Waals surface area contributed by atoms with E-state index < -0.39 is 22.0 Å². The Balaban J connectivity index is 1.85. The van der Waals surface area contributed by atoms with Gasteiger partial charge < -0.3 is 14.6 Å². The Kier molecular flexibility index (Phi) is 5.57. The van der Waals surface area contributed by atoms with Crippen LogP contribution >= 0.6 is 0 Å². The first-order chi connectivity index (χ1) is 13.2. The van der Waals surface area contributed by atoms with Crippen molar-refractivity contribution >= 4 is 27.6 Å². The highest BCUT2D eigenvalue weighted by Gasteiger charge is 2.40. The molecule has 1 aliphatic heterocycles. The maximum absolute atomic E-state index is 13.1. The number of benzene rings is 1. The molecule has 1 N–H and O–H groups in total. The number of methoxy groups -OCH3 is 1. The van der Waals surface area contributed by atoms with Gasteiger partial charge in [-0.25, -0.2) is 13.2 Å². The summed E-state index contributed by atoms with van der Waals surface area (Å²) < 4.78 is 33.5. The minimum atomic E-state index is -3.93. The standard InChI is InChI=1S/C19H23N3O5S/c1-13-6-4-7-14(10-13)20-18(23)16-8-5-9-22(16)28(25,26)15-11-17(19(24)27-3)21(2)12-15/h4,6-7,10-12,16H,5,8-9H2,1-3H3,(H,20,23)/t16-/m1/s1. The van der Waals surface area contributed by atoms with Gasteiger partial charge in [0.1, 0.15) is 16.6 Å². The summed E-state index contributed by atoms with van der Waals surface area (Å²) in [6, 6.07) is 7.80. The lowest BCUT2D eigenvalue weighted by Gasteiger charge is -2.23. The monoisotopic (exact) mass is 405 g/mol. The van der Waals surface area contributed by atoms with E-state index >= 15 is 0 Å². The first-order valence-corrected chi connectivity index (χ1v) is 10.3. The normalized spacial score (nSPS) is 17.5. The van der Waals surface area contributed by atoms with E-state index in [4.69, 9.17) is 0 Å². The number of anilines is 1. The van der Waals surface area contributed by atoms with Crippen LogP contribution in [0.2, 0.25) is 0 Å². The van der Waals surface area contributed by atoms with Crippen LogP contribution in [-0.4, -0.2) is 48.9 Å². The number of aromatic nitrogens is 1. The van der Waals surface area contributed by atoms with Gasteiger partial charge in [0.25, 0.3) is 0 Å². The number of aryl methyl sites for hydroxylation is 2. The minimum Gasteiger partial charge on any atom is -0.464 e. The lowest BCUT2D eigenvalue weighted by molar-refractivity contribution is -0.119. The zero-order chi connectivity index (χ0) is 20.5. The lowest BCUT2D eigenvalue weighted by atomic mass is 10.2. The summed E-state index contributed by atoms with van der Waals surface area (Å²) in [5, 5.41) is 2.80. The molecule has 28 heavy (non-hydrogen) atoms. The molecule has 8 nitrogen and oxygen atoms in total. The minimum absolute atomic E-state index is 0.0364. The third-order valence-corrected chi connectivity index (χ3v) is 6.65. The van der Waals surface area contributed by atoms with E-state index in [0.717, 1.165) is 5.56 Å². The van der Waals surface area contributed by atoms with Crippen molar-refractivity contribution in [1.29, 1.82) is 0 Å². The first kappa shape index (κ1) is 20.1. The van der Waals surface area contributed by atoms with Crippen LogP contribution in [0.5, 0.6) is 0 Å². The summed E-state index contributed by atoms with van der Waals surface area (Å²) in [6.07, 6.45) is 2.38. The van der Waals surface area contributed by atoms with Crippen LogP contribution in [0.25, 0.3) is 0 Å². The van der Waals surface area contributed by atoms with Crippen molar-refractivity contribution in [3.63, 3.8) is 0 Å². The zero-order valence-corrected chi connectivity index (χ0v) is 16.8. The summed E-state index contributed by atoms with van der Waals surface area (Å²) >= 11 is 0. The molecule has 0 spiro atoms. The van der Waals surface area contributed by atoms with Crippen LogP contribution in [0.15, 0.2) is 41.4 Å². The van der Waals surface area contributed by atoms with E-state index in [-0.39, 0.29) is 23.0 Å². The molecule has 1 amide bonds. The fourth-order valence-electron chi connectivity index (χ4n) is 3.36. The zero-order valence-electron chi connectivity index (χ0n) is 16.0. The quantitative estimate of drug-likeness (QED) is 0.767. The molecule has 150 valence electrons. The molecule has 0 bridgehead atoms. The Morgan fingerprint density at radius 2 is 2.00 bits per heavy atom. The second-order valence-corrected chi connectivity index (χ2v) is 8.69. The van der Waals surface area contributed by atoms with Gasteiger partial charge in [-0.2, -0.15) is 4.31 Å². The van der Waals surface area contributed by atoms with Crippen LogP contribution in [0.1, 0.15) is 28.9 Å². The second kappa shape index (κ2) is 7.76. The average Bonchev–Trinajstić information content (AvgIpc) is 3.28. The number of nitrogens with one attached hydrogen (secondary N) is 1. The number of amides is 1. The topological polar surface area (TPSA) is 97.7 Å². The van der Waals surface area contributed by atoms with E-state index in [9.17, 15) is 18.0 Å². The van der Waals surface area contributed by atoms with E-state index in [1.165, 1.54) is 28.2 Å². The van der Waals surface area contributed by atoms with Crippen molar-refractivity contribution in [3.8, 4) is 0 Å². The molecule has 2 heterocycles. The molecule has 1 aromatic heterocycles. The van der Waals surface area contributed by atoms with Crippen molar-refractivity contribution in [2.45, 2.75) is 30.7 Å². The van der Waals surface area contributed by atoms with Gasteiger partial charge in [0, 0.05) is 25.5 Å². The van der Waals surface area contributed by atoms with Crippen LogP contribution in [0.4, 0.5) is 5.69 Å². The average molecular weight is 405 g/mol. The molecule has 0 radical (unpaired) electrons. The highest BCUT2D eigenvalue weighted by molar-refractivity contribution is 7.89. The fraction of sp³-hybridized carbons (Fsp3) is 0.368. The molecule has 9 heteroatoms. The van der Waals surface area contributed by atoms with Gasteiger partial charge in [0.15, 0.2) is 0 Å². The van der Waals surface area contributed by atoms with Crippen molar-refractivity contribution in [2.24, 2.45) is 7.05 Å². The van der Waals surface area contributed by atoms with Gasteiger partial charge >= 0.3 is 5.97 Å². The molecular weight excluding hydrogens is 382 g/mol. The van der Waals surface area contributed by atoms with Gasteiger partial charge in [-0.1, -0.05) is 12.1 Å². The third-order valence-electron chi connectivity index (χ3n) is 4.77. The molecule has 3 rings (SSSR count). The summed E-state index contributed by atoms with van der Waals surface area (Å²) in [5.41, 5.74) is 1.75. The molecule has 0 saturated carbocycles. The molecule has 1 fully saturated rings. The van der Waals surface area contributed by atoms with Crippen LogP contribution < -0.4 is 5.32 Å². The number of esters is 1. The fourth-order valence-corrected chi connectivity index (χ4v) is 5.08. The smallest absolute Gasteiger partial charge is 0.354 e. The van der Waals surface area contributed by atoms with Crippen LogP contribution in [0.3, 0.4) is 0 Å². The first-order valence-electron chi connectivity index (χ1n) is 8.88.